The Bertz CT molecular complexity index is 1280. The fourth-order valence-corrected chi connectivity index (χ4v) is 4.61. The van der Waals surface area contributed by atoms with E-state index in [-0.39, 0.29) is 18.5 Å². The van der Waals surface area contributed by atoms with E-state index in [1.54, 1.807) is 47.7 Å². The van der Waals surface area contributed by atoms with Crippen LogP contribution >= 0.6 is 0 Å². The van der Waals surface area contributed by atoms with Crippen LogP contribution in [0.15, 0.2) is 30.7 Å². The van der Waals surface area contributed by atoms with E-state index in [1.807, 2.05) is 27.7 Å². The number of hydrogen-bond acceptors (Lipinski definition) is 7. The molecule has 2 amide bonds. The van der Waals surface area contributed by atoms with Crippen LogP contribution in [0, 0.1) is 5.92 Å². The highest BCUT2D eigenvalue weighted by Crippen LogP contribution is 2.44. The topological polar surface area (TPSA) is 104 Å². The summed E-state index contributed by atoms with van der Waals surface area (Å²) >= 11 is 0. The lowest BCUT2D eigenvalue weighted by molar-refractivity contribution is -0.00641. The van der Waals surface area contributed by atoms with Crippen LogP contribution in [0.1, 0.15) is 84.9 Å². The van der Waals surface area contributed by atoms with Gasteiger partial charge < -0.3 is 9.47 Å². The van der Waals surface area contributed by atoms with Crippen molar-refractivity contribution < 1.29 is 19.1 Å². The number of rotatable bonds is 5. The maximum absolute atomic E-state index is 12.9. The standard InChI is InChI=1S/C27H36N6O4/c1-26(2,3)36-24(34)31(25(35)37-27(4,5)6)15-17-12-20(13-17)32-16-21(22(30-32)18-9-10-18)33-23-19(14-29-33)8-7-11-28-23/h7-8,11,14,16-18,20H,9-10,12-13,15H2,1-6H3. The Morgan fingerprint density at radius 3 is 2.30 bits per heavy atom. The second kappa shape index (κ2) is 9.15. The Morgan fingerprint density at radius 1 is 1.05 bits per heavy atom. The first-order valence-electron chi connectivity index (χ1n) is 13.0. The summed E-state index contributed by atoms with van der Waals surface area (Å²) in [6.07, 6.45) is 8.17. The average molecular weight is 509 g/mol. The summed E-state index contributed by atoms with van der Waals surface area (Å²) in [5.74, 6) is 0.583. The van der Waals surface area contributed by atoms with Gasteiger partial charge in [-0.2, -0.15) is 10.2 Å². The van der Waals surface area contributed by atoms with Gasteiger partial charge in [0.25, 0.3) is 0 Å². The zero-order chi connectivity index (χ0) is 26.5. The molecule has 0 saturated heterocycles. The van der Waals surface area contributed by atoms with Gasteiger partial charge in [0, 0.05) is 24.0 Å². The van der Waals surface area contributed by atoms with Crippen LogP contribution < -0.4 is 0 Å². The summed E-state index contributed by atoms with van der Waals surface area (Å²) in [7, 11) is 0. The molecular formula is C27H36N6O4. The number of imide groups is 1. The molecule has 0 atom stereocenters. The first-order valence-corrected chi connectivity index (χ1v) is 13.0. The smallest absolute Gasteiger partial charge is 0.419 e. The zero-order valence-corrected chi connectivity index (χ0v) is 22.5. The summed E-state index contributed by atoms with van der Waals surface area (Å²) in [5.41, 5.74) is 1.43. The molecule has 10 heteroatoms. The average Bonchev–Trinajstić information content (AvgIpc) is 3.36. The Morgan fingerprint density at radius 2 is 1.70 bits per heavy atom. The summed E-state index contributed by atoms with van der Waals surface area (Å²) in [6, 6.07) is 4.10. The molecular weight excluding hydrogens is 472 g/mol. The zero-order valence-electron chi connectivity index (χ0n) is 22.5. The molecule has 3 aromatic heterocycles. The lowest BCUT2D eigenvalue weighted by Gasteiger charge is -2.38. The van der Waals surface area contributed by atoms with Crippen molar-refractivity contribution in [1.82, 2.24) is 29.4 Å². The number of carbonyl (C=O) groups excluding carboxylic acids is 2. The van der Waals surface area contributed by atoms with Crippen molar-refractivity contribution in [2.75, 3.05) is 6.54 Å². The molecule has 0 bridgehead atoms. The molecule has 2 saturated carbocycles. The number of nitrogens with zero attached hydrogens (tertiary/aromatic N) is 6. The predicted octanol–water partition coefficient (Wildman–Crippen LogP) is 5.62. The minimum absolute atomic E-state index is 0.134. The first-order chi connectivity index (χ1) is 17.4. The van der Waals surface area contributed by atoms with Crippen LogP contribution in [0.4, 0.5) is 9.59 Å². The van der Waals surface area contributed by atoms with Gasteiger partial charge in [-0.25, -0.2) is 24.2 Å². The maximum atomic E-state index is 12.9. The fourth-order valence-electron chi connectivity index (χ4n) is 4.61. The Hall–Kier alpha value is -3.43. The van der Waals surface area contributed by atoms with Crippen molar-refractivity contribution in [3.63, 3.8) is 0 Å². The largest absolute Gasteiger partial charge is 0.443 e. The van der Waals surface area contributed by atoms with Gasteiger partial charge in [-0.15, -0.1) is 0 Å². The monoisotopic (exact) mass is 508 g/mol. The van der Waals surface area contributed by atoms with Gasteiger partial charge >= 0.3 is 12.2 Å². The third-order valence-electron chi connectivity index (χ3n) is 6.52. The number of fused-ring (bicyclic) bond motifs is 1. The van der Waals surface area contributed by atoms with Crippen molar-refractivity contribution in [1.29, 1.82) is 0 Å². The molecule has 0 unspecified atom stereocenters. The molecule has 2 aliphatic rings. The van der Waals surface area contributed by atoms with Gasteiger partial charge in [-0.05, 0) is 85.3 Å². The van der Waals surface area contributed by atoms with Crippen molar-refractivity contribution >= 4 is 23.2 Å². The molecule has 0 radical (unpaired) electrons. The quantitative estimate of drug-likeness (QED) is 0.441. The summed E-state index contributed by atoms with van der Waals surface area (Å²) in [4.78, 5) is 31.3. The maximum Gasteiger partial charge on any atom is 0.419 e. The molecule has 0 N–H and O–H groups in total. The van der Waals surface area contributed by atoms with Gasteiger partial charge in [-0.1, -0.05) is 0 Å². The van der Waals surface area contributed by atoms with E-state index in [4.69, 9.17) is 14.6 Å². The van der Waals surface area contributed by atoms with Crippen LogP contribution in [0.3, 0.4) is 0 Å². The number of amides is 2. The third kappa shape index (κ3) is 5.62. The first kappa shape index (κ1) is 25.2. The van der Waals surface area contributed by atoms with Crippen molar-refractivity contribution in [3.8, 4) is 5.69 Å². The molecule has 3 heterocycles. The SMILES string of the molecule is CC(C)(C)OC(=O)N(CC1CC(n2cc(-n3ncc4cccnc43)c(C3CC3)n2)C1)C(=O)OC(C)(C)C. The van der Waals surface area contributed by atoms with E-state index in [9.17, 15) is 9.59 Å². The molecule has 37 heavy (non-hydrogen) atoms. The molecule has 2 aliphatic carbocycles. The fraction of sp³-hybridized carbons (Fsp3) is 0.593. The van der Waals surface area contributed by atoms with Gasteiger partial charge in [-0.3, -0.25) is 4.68 Å². The van der Waals surface area contributed by atoms with Crippen LogP contribution in [0.25, 0.3) is 16.7 Å². The van der Waals surface area contributed by atoms with E-state index >= 15 is 0 Å². The molecule has 198 valence electrons. The number of pyridine rings is 1. The number of carbonyl (C=O) groups is 2. The Kier molecular flexibility index (Phi) is 6.24. The molecule has 5 rings (SSSR count). The molecule has 3 aromatic rings. The van der Waals surface area contributed by atoms with Gasteiger partial charge in [0.05, 0.1) is 24.1 Å². The van der Waals surface area contributed by atoms with Crippen LogP contribution in [0.5, 0.6) is 0 Å². The normalized spacial score (nSPS) is 19.9. The highest BCUT2D eigenvalue weighted by Gasteiger charge is 2.39. The number of hydrogen-bond donors (Lipinski definition) is 0. The number of aromatic nitrogens is 5. The molecule has 0 aliphatic heterocycles. The molecule has 0 aromatic carbocycles. The second-order valence-electron chi connectivity index (χ2n) is 12.2. The summed E-state index contributed by atoms with van der Waals surface area (Å²) < 4.78 is 14.9. The summed E-state index contributed by atoms with van der Waals surface area (Å²) in [6.45, 7) is 10.9. The van der Waals surface area contributed by atoms with E-state index in [0.717, 1.165) is 53.0 Å². The lowest BCUT2D eigenvalue weighted by Crippen LogP contribution is -2.47. The van der Waals surface area contributed by atoms with E-state index in [2.05, 4.69) is 16.3 Å². The highest BCUT2D eigenvalue weighted by molar-refractivity contribution is 5.88. The third-order valence-corrected chi connectivity index (χ3v) is 6.52. The Balaban J connectivity index is 1.31. The van der Waals surface area contributed by atoms with Crippen molar-refractivity contribution in [3.05, 3.63) is 36.4 Å². The molecule has 10 nitrogen and oxygen atoms in total. The molecule has 2 fully saturated rings. The van der Waals surface area contributed by atoms with Gasteiger partial charge in [0.1, 0.15) is 16.9 Å². The minimum atomic E-state index is -0.713. The van der Waals surface area contributed by atoms with E-state index in [0.29, 0.717) is 5.92 Å². The minimum Gasteiger partial charge on any atom is -0.443 e. The van der Waals surface area contributed by atoms with Crippen molar-refractivity contribution in [2.24, 2.45) is 5.92 Å². The van der Waals surface area contributed by atoms with E-state index in [1.165, 1.54) is 0 Å². The predicted molar refractivity (Wildman–Crippen MR) is 138 cm³/mol. The van der Waals surface area contributed by atoms with Crippen LogP contribution in [-0.4, -0.2) is 59.4 Å². The second-order valence-corrected chi connectivity index (χ2v) is 12.2. The highest BCUT2D eigenvalue weighted by atomic mass is 16.6. The van der Waals surface area contributed by atoms with Crippen LogP contribution in [-0.2, 0) is 9.47 Å². The van der Waals surface area contributed by atoms with Crippen LogP contribution in [0.2, 0.25) is 0 Å². The summed E-state index contributed by atoms with van der Waals surface area (Å²) in [5, 5.41) is 10.6. The number of ether oxygens (including phenoxy) is 2. The molecule has 0 spiro atoms. The van der Waals surface area contributed by atoms with Crippen molar-refractivity contribution in [2.45, 2.75) is 90.4 Å². The Labute approximate surface area is 216 Å². The van der Waals surface area contributed by atoms with E-state index < -0.39 is 23.4 Å². The van der Waals surface area contributed by atoms with Gasteiger partial charge in [0.2, 0.25) is 0 Å². The van der Waals surface area contributed by atoms with Gasteiger partial charge in [0.15, 0.2) is 5.65 Å². The lowest BCUT2D eigenvalue weighted by atomic mass is 9.80.